The predicted octanol–water partition coefficient (Wildman–Crippen LogP) is 0.770. The molecule has 2 rings (SSSR count). The van der Waals surface area contributed by atoms with Crippen molar-refractivity contribution in [3.8, 4) is 0 Å². The van der Waals surface area contributed by atoms with Gasteiger partial charge in [0.2, 0.25) is 15.8 Å². The molecule has 0 fully saturated rings. The minimum Gasteiger partial charge on any atom is -0.475 e. The number of carbonyl (C=O) groups is 1. The number of aromatic nitrogens is 3. The average molecular weight is 379 g/mol. The number of carboxylic acid groups (broad SMARTS) is 1. The molecule has 0 amide bonds. The maximum Gasteiger partial charge on any atom is 0.371 e. The van der Waals surface area contributed by atoms with Crippen LogP contribution in [0.4, 0.5) is 0 Å². The van der Waals surface area contributed by atoms with Gasteiger partial charge in [-0.05, 0) is 22.4 Å². The van der Waals surface area contributed by atoms with E-state index in [1.807, 2.05) is 0 Å². The third-order valence-corrected chi connectivity index (χ3v) is 4.82. The Labute approximate surface area is 127 Å². The molecule has 0 saturated heterocycles. The average Bonchev–Trinajstić information content (AvgIpc) is 3.04. The molecule has 21 heavy (non-hydrogen) atoms. The lowest BCUT2D eigenvalue weighted by atomic mass is 10.3. The van der Waals surface area contributed by atoms with Gasteiger partial charge in [-0.1, -0.05) is 0 Å². The number of aromatic carboxylic acids is 1. The van der Waals surface area contributed by atoms with Gasteiger partial charge in [0, 0.05) is 19.0 Å². The van der Waals surface area contributed by atoms with Crippen molar-refractivity contribution in [1.82, 2.24) is 19.9 Å². The second-order valence-electron chi connectivity index (χ2n) is 3.99. The molecule has 0 spiro atoms. The van der Waals surface area contributed by atoms with Gasteiger partial charge >= 0.3 is 5.97 Å². The first-order valence-electron chi connectivity index (χ1n) is 5.76. The number of sulfonamides is 1. The normalized spacial score (nSPS) is 11.7. The SMILES string of the molecule is O=C(O)c1cc(S(=O)(=O)NCCCc2ncn[nH]2)c(Br)o1. The van der Waals surface area contributed by atoms with Crippen LogP contribution < -0.4 is 4.72 Å². The zero-order valence-electron chi connectivity index (χ0n) is 10.5. The highest BCUT2D eigenvalue weighted by atomic mass is 79.9. The molecule has 3 N–H and O–H groups in total. The van der Waals surface area contributed by atoms with Gasteiger partial charge < -0.3 is 9.52 Å². The van der Waals surface area contributed by atoms with Gasteiger partial charge in [-0.15, -0.1) is 0 Å². The number of nitrogens with one attached hydrogen (secondary N) is 2. The van der Waals surface area contributed by atoms with E-state index in [9.17, 15) is 13.2 Å². The molecule has 2 aromatic rings. The zero-order valence-corrected chi connectivity index (χ0v) is 12.9. The smallest absolute Gasteiger partial charge is 0.371 e. The molecule has 0 aliphatic rings. The molecule has 0 unspecified atom stereocenters. The summed E-state index contributed by atoms with van der Waals surface area (Å²) in [5.41, 5.74) is 0. The van der Waals surface area contributed by atoms with Crippen molar-refractivity contribution >= 4 is 31.9 Å². The van der Waals surface area contributed by atoms with Crippen LogP contribution >= 0.6 is 15.9 Å². The number of nitrogens with zero attached hydrogens (tertiary/aromatic N) is 2. The molecule has 11 heteroatoms. The van der Waals surface area contributed by atoms with Crippen LogP contribution in [-0.4, -0.2) is 41.2 Å². The highest BCUT2D eigenvalue weighted by Crippen LogP contribution is 2.25. The molecule has 0 radical (unpaired) electrons. The molecule has 2 heterocycles. The van der Waals surface area contributed by atoms with Crippen molar-refractivity contribution in [2.45, 2.75) is 17.7 Å². The molecular weight excluding hydrogens is 368 g/mol. The summed E-state index contributed by atoms with van der Waals surface area (Å²) in [7, 11) is -3.84. The fraction of sp³-hybridized carbons (Fsp3) is 0.300. The molecular formula is C10H11BrN4O5S. The van der Waals surface area contributed by atoms with Crippen LogP contribution in [0.3, 0.4) is 0 Å². The standard InChI is InChI=1S/C10H11BrN4O5S/c11-9-7(4-6(20-9)10(16)17)21(18,19)14-3-1-2-8-12-5-13-15-8/h4-5,14H,1-3H2,(H,16,17)(H,12,13,15). The van der Waals surface area contributed by atoms with E-state index in [0.29, 0.717) is 18.7 Å². The van der Waals surface area contributed by atoms with Gasteiger partial charge in [0.1, 0.15) is 17.0 Å². The first-order chi connectivity index (χ1) is 9.90. The van der Waals surface area contributed by atoms with Crippen molar-refractivity contribution in [2.75, 3.05) is 6.54 Å². The number of aromatic amines is 1. The number of H-pyrrole nitrogens is 1. The van der Waals surface area contributed by atoms with E-state index < -0.39 is 21.8 Å². The lowest BCUT2D eigenvalue weighted by Crippen LogP contribution is -2.25. The molecule has 114 valence electrons. The molecule has 0 bridgehead atoms. The van der Waals surface area contributed by atoms with E-state index in [0.717, 1.165) is 6.07 Å². The van der Waals surface area contributed by atoms with Gasteiger partial charge in [-0.2, -0.15) is 5.10 Å². The van der Waals surface area contributed by atoms with Crippen molar-refractivity contribution in [2.24, 2.45) is 0 Å². The van der Waals surface area contributed by atoms with E-state index in [1.54, 1.807) is 0 Å². The summed E-state index contributed by atoms with van der Waals surface area (Å²) in [4.78, 5) is 14.4. The van der Waals surface area contributed by atoms with Crippen molar-refractivity contribution in [1.29, 1.82) is 0 Å². The number of halogens is 1. The Morgan fingerprint density at radius 1 is 1.52 bits per heavy atom. The maximum atomic E-state index is 12.0. The summed E-state index contributed by atoms with van der Waals surface area (Å²) in [6.07, 6.45) is 2.42. The van der Waals surface area contributed by atoms with Crippen LogP contribution in [0.25, 0.3) is 0 Å². The second-order valence-corrected chi connectivity index (χ2v) is 6.44. The Balaban J connectivity index is 1.96. The number of carboxylic acids is 1. The summed E-state index contributed by atoms with van der Waals surface area (Å²) in [6, 6.07) is 0.950. The first-order valence-corrected chi connectivity index (χ1v) is 8.04. The van der Waals surface area contributed by atoms with Crippen LogP contribution in [0.15, 0.2) is 26.4 Å². The lowest BCUT2D eigenvalue weighted by Gasteiger charge is -2.04. The monoisotopic (exact) mass is 378 g/mol. The fourth-order valence-corrected chi connectivity index (χ4v) is 3.54. The fourth-order valence-electron chi connectivity index (χ4n) is 1.53. The minimum absolute atomic E-state index is 0.150. The van der Waals surface area contributed by atoms with Crippen LogP contribution in [0.5, 0.6) is 0 Å². The molecule has 0 aromatic carbocycles. The molecule has 0 atom stereocenters. The quantitative estimate of drug-likeness (QED) is 0.604. The maximum absolute atomic E-state index is 12.0. The van der Waals surface area contributed by atoms with Gasteiger partial charge in [0.05, 0.1) is 0 Å². The summed E-state index contributed by atoms with van der Waals surface area (Å²) < 4.78 is 31.1. The molecule has 0 aliphatic heterocycles. The van der Waals surface area contributed by atoms with Crippen molar-refractivity contribution < 1.29 is 22.7 Å². The largest absolute Gasteiger partial charge is 0.475 e. The summed E-state index contributed by atoms with van der Waals surface area (Å²) in [5, 5.41) is 15.1. The Bertz CT molecular complexity index is 725. The number of aryl methyl sites for hydroxylation is 1. The van der Waals surface area contributed by atoms with Crippen LogP contribution in [-0.2, 0) is 16.4 Å². The molecule has 9 nitrogen and oxygen atoms in total. The number of hydrogen-bond donors (Lipinski definition) is 3. The van der Waals surface area contributed by atoms with Crippen LogP contribution in [0.2, 0.25) is 0 Å². The van der Waals surface area contributed by atoms with E-state index in [-0.39, 0.29) is 16.1 Å². The van der Waals surface area contributed by atoms with Crippen LogP contribution in [0, 0.1) is 0 Å². The number of hydrogen-bond acceptors (Lipinski definition) is 6. The summed E-state index contributed by atoms with van der Waals surface area (Å²) in [5.74, 6) is -1.14. The number of rotatable bonds is 7. The topological polar surface area (TPSA) is 138 Å². The Hall–Kier alpha value is -1.72. The third kappa shape index (κ3) is 3.89. The van der Waals surface area contributed by atoms with Gasteiger partial charge in [-0.3, -0.25) is 5.10 Å². The highest BCUT2D eigenvalue weighted by molar-refractivity contribution is 9.10. The van der Waals surface area contributed by atoms with Gasteiger partial charge in [0.25, 0.3) is 0 Å². The Kier molecular flexibility index (Phi) is 4.75. The van der Waals surface area contributed by atoms with Gasteiger partial charge in [-0.25, -0.2) is 22.9 Å². The van der Waals surface area contributed by atoms with Crippen LogP contribution in [0.1, 0.15) is 22.8 Å². The van der Waals surface area contributed by atoms with Crippen molar-refractivity contribution in [3.63, 3.8) is 0 Å². The Morgan fingerprint density at radius 3 is 2.86 bits per heavy atom. The predicted molar refractivity (Wildman–Crippen MR) is 73.3 cm³/mol. The first kappa shape index (κ1) is 15.7. The summed E-state index contributed by atoms with van der Waals surface area (Å²) >= 11 is 2.89. The molecule has 2 aromatic heterocycles. The highest BCUT2D eigenvalue weighted by Gasteiger charge is 2.24. The van der Waals surface area contributed by atoms with E-state index >= 15 is 0 Å². The van der Waals surface area contributed by atoms with E-state index in [1.165, 1.54) is 6.33 Å². The zero-order chi connectivity index (χ0) is 15.5. The Morgan fingerprint density at radius 2 is 2.29 bits per heavy atom. The number of furan rings is 1. The lowest BCUT2D eigenvalue weighted by molar-refractivity contribution is 0.0661. The molecule has 0 aliphatic carbocycles. The van der Waals surface area contributed by atoms with E-state index in [2.05, 4.69) is 35.8 Å². The summed E-state index contributed by atoms with van der Waals surface area (Å²) in [6.45, 7) is 0.170. The van der Waals surface area contributed by atoms with Crippen molar-refractivity contribution in [3.05, 3.63) is 28.6 Å². The van der Waals surface area contributed by atoms with E-state index in [4.69, 9.17) is 9.52 Å². The van der Waals surface area contributed by atoms with Gasteiger partial charge in [0.15, 0.2) is 4.67 Å². The second kappa shape index (κ2) is 6.37. The molecule has 0 saturated carbocycles. The minimum atomic E-state index is -3.84. The third-order valence-electron chi connectivity index (χ3n) is 2.50.